The van der Waals surface area contributed by atoms with Gasteiger partial charge in [0.25, 0.3) is 5.91 Å². The first-order valence-electron chi connectivity index (χ1n) is 13.1. The van der Waals surface area contributed by atoms with Crippen molar-refractivity contribution in [2.45, 2.75) is 37.3 Å². The number of hydrogen-bond donors (Lipinski definition) is 3. The van der Waals surface area contributed by atoms with Gasteiger partial charge in [-0.05, 0) is 78.4 Å². The Morgan fingerprint density at radius 2 is 1.67 bits per heavy atom. The second-order valence-corrected chi connectivity index (χ2v) is 11.8. The molecule has 2 aliphatic rings. The molecule has 2 atom stereocenters. The van der Waals surface area contributed by atoms with Gasteiger partial charge in [0.1, 0.15) is 5.75 Å². The molecule has 1 heterocycles. The molecular formula is C30H31Br2N3O4. The van der Waals surface area contributed by atoms with E-state index in [0.29, 0.717) is 37.0 Å². The third-order valence-electron chi connectivity index (χ3n) is 6.88. The van der Waals surface area contributed by atoms with Crippen LogP contribution < -0.4 is 15.6 Å². The lowest BCUT2D eigenvalue weighted by atomic mass is 9.82. The largest absolute Gasteiger partial charge is 0.494 e. The van der Waals surface area contributed by atoms with Gasteiger partial charge >= 0.3 is 0 Å². The highest BCUT2D eigenvalue weighted by atomic mass is 79.9. The summed E-state index contributed by atoms with van der Waals surface area (Å²) in [7, 11) is 0. The van der Waals surface area contributed by atoms with Crippen molar-refractivity contribution in [3.63, 3.8) is 0 Å². The highest BCUT2D eigenvalue weighted by Crippen LogP contribution is 2.43. The van der Waals surface area contributed by atoms with Gasteiger partial charge in [-0.25, -0.2) is 10.4 Å². The van der Waals surface area contributed by atoms with Gasteiger partial charge in [-0.15, -0.1) is 0 Å². The van der Waals surface area contributed by atoms with Crippen LogP contribution in [0.15, 0.2) is 86.7 Å². The summed E-state index contributed by atoms with van der Waals surface area (Å²) in [6.45, 7) is 1.25. The van der Waals surface area contributed by atoms with E-state index in [2.05, 4.69) is 42.7 Å². The number of hydrogen-bond acceptors (Lipinski definition) is 6. The molecule has 3 aromatic rings. The number of hydrazine groups is 1. The van der Waals surface area contributed by atoms with E-state index in [0.717, 1.165) is 32.2 Å². The molecule has 3 aromatic carbocycles. The minimum Gasteiger partial charge on any atom is -0.494 e. The van der Waals surface area contributed by atoms with E-state index in [1.807, 2.05) is 72.8 Å². The van der Waals surface area contributed by atoms with Gasteiger partial charge in [0.2, 0.25) is 5.90 Å². The quantitative estimate of drug-likeness (QED) is 0.177. The van der Waals surface area contributed by atoms with E-state index < -0.39 is 11.6 Å². The Kier molecular flexibility index (Phi) is 9.02. The summed E-state index contributed by atoms with van der Waals surface area (Å²) in [6, 6.07) is 23.2. The number of carbonyl (C=O) groups is 1. The Morgan fingerprint density at radius 1 is 1.00 bits per heavy atom. The van der Waals surface area contributed by atoms with Crippen molar-refractivity contribution in [1.29, 1.82) is 0 Å². The van der Waals surface area contributed by atoms with Crippen molar-refractivity contribution in [2.24, 2.45) is 10.9 Å². The van der Waals surface area contributed by atoms with Crippen LogP contribution >= 0.6 is 31.9 Å². The van der Waals surface area contributed by atoms with Gasteiger partial charge in [-0.2, -0.15) is 0 Å². The topological polar surface area (TPSA) is 92.2 Å². The summed E-state index contributed by atoms with van der Waals surface area (Å²) in [5.41, 5.74) is 7.43. The van der Waals surface area contributed by atoms with E-state index in [1.54, 1.807) is 0 Å². The van der Waals surface area contributed by atoms with Gasteiger partial charge in [0.15, 0.2) is 11.6 Å². The number of rotatable bonds is 12. The summed E-state index contributed by atoms with van der Waals surface area (Å²) in [5.74, 6) is 1.46. The van der Waals surface area contributed by atoms with Crippen LogP contribution in [0.5, 0.6) is 5.75 Å². The smallest absolute Gasteiger partial charge is 0.266 e. The zero-order valence-electron chi connectivity index (χ0n) is 21.4. The molecule has 0 aromatic heterocycles. The van der Waals surface area contributed by atoms with Gasteiger partial charge in [-0.1, -0.05) is 56.1 Å². The molecule has 5 rings (SSSR count). The first-order chi connectivity index (χ1) is 19.0. The molecule has 1 aliphatic carbocycles. The Hall–Kier alpha value is -2.72. The zero-order chi connectivity index (χ0) is 27.2. The minimum absolute atomic E-state index is 0.0816. The van der Waals surface area contributed by atoms with E-state index in [4.69, 9.17) is 19.6 Å². The molecule has 3 N–H and O–H groups in total. The van der Waals surface area contributed by atoms with E-state index in [1.165, 1.54) is 12.8 Å². The van der Waals surface area contributed by atoms with E-state index in [9.17, 15) is 4.79 Å². The van der Waals surface area contributed by atoms with E-state index >= 15 is 0 Å². The number of aliphatic imine (C=N–C) groups is 1. The fourth-order valence-electron chi connectivity index (χ4n) is 4.54. The molecule has 0 bridgehead atoms. The van der Waals surface area contributed by atoms with Crippen LogP contribution in [0.25, 0.3) is 0 Å². The van der Waals surface area contributed by atoms with Crippen LogP contribution in [0.3, 0.4) is 0 Å². The average molecular weight is 657 g/mol. The molecule has 1 saturated carbocycles. The fourth-order valence-corrected chi connectivity index (χ4v) is 5.07. The van der Waals surface area contributed by atoms with Gasteiger partial charge in [0.05, 0.1) is 6.61 Å². The summed E-state index contributed by atoms with van der Waals surface area (Å²) in [5, 5.41) is 9.01. The lowest BCUT2D eigenvalue weighted by Crippen LogP contribution is -2.54. The molecule has 0 saturated heterocycles. The molecule has 1 fully saturated rings. The summed E-state index contributed by atoms with van der Waals surface area (Å²) < 4.78 is 14.1. The number of ether oxygens (including phenoxy) is 2. The average Bonchev–Trinajstić information content (AvgIpc) is 3.69. The van der Waals surface area contributed by atoms with Crippen molar-refractivity contribution in [3.05, 3.63) is 98.4 Å². The SMILES string of the molecule is O=C(NNCC1CC1)[C@@]1(Cc2ccc(Br)cc2)N=C(c2ccc(OCCCO)cc2)O[C@H]1c1ccc(Br)cc1. The maximum Gasteiger partial charge on any atom is 0.266 e. The fraction of sp³-hybridized carbons (Fsp3) is 0.333. The maximum absolute atomic E-state index is 14.0. The van der Waals surface area contributed by atoms with Crippen molar-refractivity contribution in [1.82, 2.24) is 10.9 Å². The van der Waals surface area contributed by atoms with Gasteiger partial charge < -0.3 is 14.6 Å². The van der Waals surface area contributed by atoms with Gasteiger partial charge in [-0.3, -0.25) is 10.2 Å². The highest BCUT2D eigenvalue weighted by molar-refractivity contribution is 9.10. The Balaban J connectivity index is 1.51. The second-order valence-electron chi connectivity index (χ2n) is 9.92. The Labute approximate surface area is 245 Å². The molecule has 39 heavy (non-hydrogen) atoms. The number of amides is 1. The predicted molar refractivity (Wildman–Crippen MR) is 158 cm³/mol. The van der Waals surface area contributed by atoms with Crippen molar-refractivity contribution in [2.75, 3.05) is 19.8 Å². The molecule has 0 radical (unpaired) electrons. The van der Waals surface area contributed by atoms with E-state index in [-0.39, 0.29) is 12.5 Å². The molecule has 0 unspecified atom stereocenters. The molecule has 1 amide bonds. The number of halogens is 2. The van der Waals surface area contributed by atoms with Crippen molar-refractivity contribution >= 4 is 43.7 Å². The highest BCUT2D eigenvalue weighted by Gasteiger charge is 2.53. The maximum atomic E-state index is 14.0. The van der Waals surface area contributed by atoms with Crippen LogP contribution in [0.1, 0.15) is 42.1 Å². The number of nitrogens with zero attached hydrogens (tertiary/aromatic N) is 1. The number of aliphatic hydroxyl groups excluding tert-OH is 1. The summed E-state index contributed by atoms with van der Waals surface area (Å²) in [6.07, 6.45) is 2.63. The number of aliphatic hydroxyl groups is 1. The number of benzene rings is 3. The molecular weight excluding hydrogens is 626 g/mol. The zero-order valence-corrected chi connectivity index (χ0v) is 24.6. The molecule has 204 valence electrons. The second kappa shape index (κ2) is 12.6. The van der Waals surface area contributed by atoms with Crippen LogP contribution in [0.2, 0.25) is 0 Å². The number of nitrogens with one attached hydrogen (secondary N) is 2. The minimum atomic E-state index is -1.25. The first-order valence-corrected chi connectivity index (χ1v) is 14.7. The lowest BCUT2D eigenvalue weighted by Gasteiger charge is -2.31. The Bertz CT molecular complexity index is 1300. The van der Waals surface area contributed by atoms with Crippen molar-refractivity contribution < 1.29 is 19.4 Å². The van der Waals surface area contributed by atoms with Crippen LogP contribution in [-0.2, 0) is 16.0 Å². The van der Waals surface area contributed by atoms with Crippen LogP contribution in [-0.4, -0.2) is 42.2 Å². The summed E-state index contributed by atoms with van der Waals surface area (Å²) >= 11 is 7.02. The normalized spacial score (nSPS) is 20.3. The third kappa shape index (κ3) is 6.90. The van der Waals surface area contributed by atoms with Crippen LogP contribution in [0, 0.1) is 5.92 Å². The lowest BCUT2D eigenvalue weighted by molar-refractivity contribution is -0.130. The van der Waals surface area contributed by atoms with Crippen LogP contribution in [0.4, 0.5) is 0 Å². The molecule has 7 nitrogen and oxygen atoms in total. The van der Waals surface area contributed by atoms with Crippen molar-refractivity contribution in [3.8, 4) is 5.75 Å². The third-order valence-corrected chi connectivity index (χ3v) is 7.94. The molecule has 1 aliphatic heterocycles. The first kappa shape index (κ1) is 27.8. The number of carbonyl (C=O) groups excluding carboxylic acids is 1. The predicted octanol–water partition coefficient (Wildman–Crippen LogP) is 5.50. The molecule has 9 heteroatoms. The Morgan fingerprint density at radius 3 is 2.31 bits per heavy atom. The molecule has 0 spiro atoms. The summed E-state index contributed by atoms with van der Waals surface area (Å²) in [4.78, 5) is 19.1. The standard InChI is InChI=1S/C30H31Br2N3O4/c31-24-10-4-20(5-11-24)18-30(29(37)35-33-19-21-2-3-21)27(22-6-12-25(32)13-7-22)39-28(34-30)23-8-14-26(15-9-23)38-17-1-16-36/h4-15,21,27,33,36H,1-3,16-19H2,(H,35,37)/t27-,30-/m0/s1. The monoisotopic (exact) mass is 655 g/mol. The van der Waals surface area contributed by atoms with Gasteiger partial charge in [0, 0.05) is 40.5 Å².